The number of terminal acetylenes is 1. The number of fused-ring (bicyclic) bond motifs is 1. The number of unbranched alkanes of at least 4 members (excludes halogenated alkanes) is 1. The quantitative estimate of drug-likeness (QED) is 0.378. The molecule has 0 spiro atoms. The highest BCUT2D eigenvalue weighted by molar-refractivity contribution is 6.00. The maximum atomic E-state index is 13.4. The Bertz CT molecular complexity index is 1210. The van der Waals surface area contributed by atoms with Crippen LogP contribution in [0.25, 0.3) is 0 Å². The van der Waals surface area contributed by atoms with Crippen molar-refractivity contribution in [2.75, 3.05) is 6.61 Å². The normalized spacial score (nSPS) is 19.2. The van der Waals surface area contributed by atoms with Gasteiger partial charge < -0.3 is 15.8 Å². The lowest BCUT2D eigenvalue weighted by Gasteiger charge is -2.40. The van der Waals surface area contributed by atoms with Crippen LogP contribution in [0.15, 0.2) is 53.5 Å². The molecular weight excluding hydrogens is 464 g/mol. The molecule has 2 aromatic carbocycles. The smallest absolute Gasteiger partial charge is 0.251 e. The summed E-state index contributed by atoms with van der Waals surface area (Å²) in [6.45, 7) is 4.62. The molecule has 2 amide bonds. The van der Waals surface area contributed by atoms with E-state index in [0.29, 0.717) is 37.9 Å². The number of aliphatic imine (C=N–C) groups is 1. The first-order chi connectivity index (χ1) is 17.9. The Kier molecular flexibility index (Phi) is 8.17. The standard InChI is InChI=1S/C30H36N4O3/c1-4-7-8-15-25(34-27(35)20-30(5-2,6-3)33-29(34)31)21-12-11-13-22(19-21)28(36)32-24-17-18-37-26-16-10-9-14-23(24)26/h1,9-14,16,19,24-25H,5-8,15,17-18,20H2,2-3H3,(H2,31,33)(H,32,36)/t24-,25+/m0/s1. The van der Waals surface area contributed by atoms with E-state index in [-0.39, 0.29) is 29.9 Å². The predicted octanol–water partition coefficient (Wildman–Crippen LogP) is 4.89. The summed E-state index contributed by atoms with van der Waals surface area (Å²) in [5, 5.41) is 3.16. The molecule has 0 fully saturated rings. The molecule has 2 heterocycles. The summed E-state index contributed by atoms with van der Waals surface area (Å²) < 4.78 is 5.73. The molecule has 4 rings (SSSR count). The van der Waals surface area contributed by atoms with Crippen LogP contribution in [0.2, 0.25) is 0 Å². The van der Waals surface area contributed by atoms with Crippen LogP contribution in [0.1, 0.15) is 92.4 Å². The number of amides is 2. The fourth-order valence-corrected chi connectivity index (χ4v) is 5.29. The van der Waals surface area contributed by atoms with E-state index in [1.807, 2.05) is 56.3 Å². The van der Waals surface area contributed by atoms with Gasteiger partial charge in [0.05, 0.1) is 30.7 Å². The number of para-hydroxylation sites is 1. The van der Waals surface area contributed by atoms with Gasteiger partial charge in [0, 0.05) is 24.0 Å². The van der Waals surface area contributed by atoms with E-state index in [1.165, 1.54) is 0 Å². The molecule has 194 valence electrons. The van der Waals surface area contributed by atoms with Gasteiger partial charge in [-0.2, -0.15) is 0 Å². The van der Waals surface area contributed by atoms with Crippen LogP contribution in [0, 0.1) is 12.3 Å². The lowest BCUT2D eigenvalue weighted by atomic mass is 9.87. The molecule has 0 aromatic heterocycles. The monoisotopic (exact) mass is 500 g/mol. The average Bonchev–Trinajstić information content (AvgIpc) is 2.92. The van der Waals surface area contributed by atoms with Crippen LogP contribution >= 0.6 is 0 Å². The second kappa shape index (κ2) is 11.5. The lowest BCUT2D eigenvalue weighted by molar-refractivity contribution is -0.131. The second-order valence-corrected chi connectivity index (χ2v) is 9.78. The lowest BCUT2D eigenvalue weighted by Crippen LogP contribution is -2.52. The average molecular weight is 501 g/mol. The van der Waals surface area contributed by atoms with Gasteiger partial charge >= 0.3 is 0 Å². The Morgan fingerprint density at radius 1 is 1.27 bits per heavy atom. The molecular formula is C30H36N4O3. The van der Waals surface area contributed by atoms with Gasteiger partial charge in [-0.1, -0.05) is 44.2 Å². The summed E-state index contributed by atoms with van der Waals surface area (Å²) in [4.78, 5) is 33.1. The maximum Gasteiger partial charge on any atom is 0.251 e. The van der Waals surface area contributed by atoms with Gasteiger partial charge in [0.15, 0.2) is 5.96 Å². The maximum absolute atomic E-state index is 13.4. The summed E-state index contributed by atoms with van der Waals surface area (Å²) in [7, 11) is 0. The molecule has 3 N–H and O–H groups in total. The van der Waals surface area contributed by atoms with E-state index in [4.69, 9.17) is 21.9 Å². The topological polar surface area (TPSA) is 97.0 Å². The zero-order chi connectivity index (χ0) is 26.4. The third-order valence-corrected chi connectivity index (χ3v) is 7.57. The number of nitrogens with two attached hydrogens (primary N) is 1. The zero-order valence-corrected chi connectivity index (χ0v) is 21.7. The van der Waals surface area contributed by atoms with Crippen molar-refractivity contribution in [2.45, 2.75) is 76.4 Å². The van der Waals surface area contributed by atoms with Crippen molar-refractivity contribution in [3.63, 3.8) is 0 Å². The second-order valence-electron chi connectivity index (χ2n) is 9.78. The number of ether oxygens (including phenoxy) is 1. The molecule has 0 radical (unpaired) electrons. The van der Waals surface area contributed by atoms with Crippen molar-refractivity contribution in [1.82, 2.24) is 10.2 Å². The minimum atomic E-state index is -0.456. The molecule has 0 aliphatic carbocycles. The third kappa shape index (κ3) is 5.64. The summed E-state index contributed by atoms with van der Waals surface area (Å²) in [5.41, 5.74) is 8.31. The first-order valence-corrected chi connectivity index (χ1v) is 13.1. The van der Waals surface area contributed by atoms with Crippen molar-refractivity contribution in [1.29, 1.82) is 0 Å². The Morgan fingerprint density at radius 2 is 2.05 bits per heavy atom. The number of benzene rings is 2. The van der Waals surface area contributed by atoms with Crippen LogP contribution in [0.3, 0.4) is 0 Å². The van der Waals surface area contributed by atoms with Crippen molar-refractivity contribution < 1.29 is 14.3 Å². The first kappa shape index (κ1) is 26.3. The first-order valence-electron chi connectivity index (χ1n) is 13.1. The van der Waals surface area contributed by atoms with Gasteiger partial charge in [-0.3, -0.25) is 14.5 Å². The molecule has 2 atom stereocenters. The molecule has 0 saturated heterocycles. The molecule has 2 aromatic rings. The number of carbonyl (C=O) groups is 2. The predicted molar refractivity (Wildman–Crippen MR) is 145 cm³/mol. The Balaban J connectivity index is 1.61. The van der Waals surface area contributed by atoms with Gasteiger partial charge in [-0.25, -0.2) is 4.99 Å². The van der Waals surface area contributed by atoms with Crippen molar-refractivity contribution in [3.05, 3.63) is 65.2 Å². The minimum Gasteiger partial charge on any atom is -0.493 e. The SMILES string of the molecule is C#CCCC[C@H](c1cccc(C(=O)N[C@H]2CCOc3ccccc32)c1)N1C(=O)CC(CC)(CC)N=C1N. The van der Waals surface area contributed by atoms with E-state index < -0.39 is 5.54 Å². The molecule has 7 heteroatoms. The molecule has 2 aliphatic heterocycles. The summed E-state index contributed by atoms with van der Waals surface area (Å²) in [5.74, 6) is 3.49. The Labute approximate surface area is 219 Å². The Morgan fingerprint density at radius 3 is 2.78 bits per heavy atom. The van der Waals surface area contributed by atoms with E-state index in [9.17, 15) is 9.59 Å². The fourth-order valence-electron chi connectivity index (χ4n) is 5.29. The van der Waals surface area contributed by atoms with Gasteiger partial charge in [-0.15, -0.1) is 12.3 Å². The Hall–Kier alpha value is -3.79. The van der Waals surface area contributed by atoms with E-state index in [2.05, 4.69) is 11.2 Å². The van der Waals surface area contributed by atoms with Crippen LogP contribution < -0.4 is 15.8 Å². The fraction of sp³-hybridized carbons (Fsp3) is 0.433. The van der Waals surface area contributed by atoms with E-state index >= 15 is 0 Å². The largest absolute Gasteiger partial charge is 0.493 e. The van der Waals surface area contributed by atoms with Crippen molar-refractivity contribution in [3.8, 4) is 18.1 Å². The number of hydrogen-bond donors (Lipinski definition) is 2. The highest BCUT2D eigenvalue weighted by atomic mass is 16.5. The number of nitrogens with zero attached hydrogens (tertiary/aromatic N) is 2. The number of hydrogen-bond acceptors (Lipinski definition) is 5. The summed E-state index contributed by atoms with van der Waals surface area (Å²) in [6, 6.07) is 14.7. The van der Waals surface area contributed by atoms with Crippen molar-refractivity contribution >= 4 is 17.8 Å². The zero-order valence-electron chi connectivity index (χ0n) is 21.7. The molecule has 37 heavy (non-hydrogen) atoms. The van der Waals surface area contributed by atoms with Crippen molar-refractivity contribution in [2.24, 2.45) is 10.7 Å². The molecule has 0 bridgehead atoms. The molecule has 0 unspecified atom stereocenters. The van der Waals surface area contributed by atoms with Gasteiger partial charge in [0.2, 0.25) is 5.91 Å². The van der Waals surface area contributed by atoms with E-state index in [1.54, 1.807) is 11.0 Å². The highest BCUT2D eigenvalue weighted by Gasteiger charge is 2.40. The van der Waals surface area contributed by atoms with Crippen LogP contribution in [0.4, 0.5) is 0 Å². The highest BCUT2D eigenvalue weighted by Crippen LogP contribution is 2.36. The third-order valence-electron chi connectivity index (χ3n) is 7.57. The van der Waals surface area contributed by atoms with Crippen LogP contribution in [0.5, 0.6) is 5.75 Å². The van der Waals surface area contributed by atoms with Crippen LogP contribution in [-0.2, 0) is 4.79 Å². The summed E-state index contributed by atoms with van der Waals surface area (Å²) in [6.07, 6.45) is 9.94. The van der Waals surface area contributed by atoms with Gasteiger partial charge in [0.1, 0.15) is 5.75 Å². The van der Waals surface area contributed by atoms with Gasteiger partial charge in [-0.05, 0) is 49.4 Å². The number of nitrogens with one attached hydrogen (secondary N) is 1. The summed E-state index contributed by atoms with van der Waals surface area (Å²) >= 11 is 0. The number of carbonyl (C=O) groups excluding carboxylic acids is 2. The number of rotatable bonds is 9. The van der Waals surface area contributed by atoms with Gasteiger partial charge in [0.25, 0.3) is 5.91 Å². The molecule has 2 aliphatic rings. The minimum absolute atomic E-state index is 0.0458. The van der Waals surface area contributed by atoms with E-state index in [0.717, 1.165) is 36.1 Å². The number of guanidine groups is 1. The molecule has 0 saturated carbocycles. The molecule has 7 nitrogen and oxygen atoms in total. The van der Waals surface area contributed by atoms with Crippen LogP contribution in [-0.4, -0.2) is 34.8 Å².